The van der Waals surface area contributed by atoms with Crippen LogP contribution >= 0.6 is 0 Å². The predicted octanol–water partition coefficient (Wildman–Crippen LogP) is 2.94. The number of rotatable bonds is 6. The Morgan fingerprint density at radius 3 is 2.64 bits per heavy atom. The van der Waals surface area contributed by atoms with Crippen molar-refractivity contribution in [3.8, 4) is 11.5 Å². The molecule has 4 nitrogen and oxygen atoms in total. The van der Waals surface area contributed by atoms with Crippen molar-refractivity contribution >= 4 is 5.91 Å². The molecular formula is C18H25NO3. The maximum absolute atomic E-state index is 12.2. The van der Waals surface area contributed by atoms with Crippen LogP contribution in [0.25, 0.3) is 0 Å². The van der Waals surface area contributed by atoms with Crippen molar-refractivity contribution in [2.75, 3.05) is 14.2 Å². The van der Waals surface area contributed by atoms with E-state index in [1.807, 2.05) is 18.2 Å². The molecule has 0 spiro atoms. The Balaban J connectivity index is 1.50. The summed E-state index contributed by atoms with van der Waals surface area (Å²) in [5.74, 6) is 3.20. The fourth-order valence-electron chi connectivity index (χ4n) is 3.99. The van der Waals surface area contributed by atoms with E-state index in [1.54, 1.807) is 14.2 Å². The van der Waals surface area contributed by atoms with Crippen LogP contribution in [0, 0.1) is 11.8 Å². The molecule has 2 aliphatic carbocycles. The zero-order valence-corrected chi connectivity index (χ0v) is 13.4. The van der Waals surface area contributed by atoms with Gasteiger partial charge in [0.25, 0.3) is 0 Å². The average molecular weight is 303 g/mol. The fraction of sp³-hybridized carbons (Fsp3) is 0.611. The first kappa shape index (κ1) is 15.2. The van der Waals surface area contributed by atoms with Gasteiger partial charge in [0.2, 0.25) is 5.91 Å². The molecule has 2 bridgehead atoms. The third kappa shape index (κ3) is 3.21. The van der Waals surface area contributed by atoms with E-state index in [1.165, 1.54) is 25.7 Å². The van der Waals surface area contributed by atoms with E-state index in [0.717, 1.165) is 29.6 Å². The van der Waals surface area contributed by atoms with Crippen molar-refractivity contribution in [2.45, 2.75) is 44.6 Å². The third-order valence-corrected chi connectivity index (χ3v) is 5.17. The molecule has 0 aromatic heterocycles. The van der Waals surface area contributed by atoms with E-state index in [-0.39, 0.29) is 5.91 Å². The second-order valence-corrected chi connectivity index (χ2v) is 6.54. The molecule has 3 unspecified atom stereocenters. The Hall–Kier alpha value is -1.71. The highest BCUT2D eigenvalue weighted by molar-refractivity contribution is 5.76. The van der Waals surface area contributed by atoms with Crippen molar-refractivity contribution in [2.24, 2.45) is 11.8 Å². The molecule has 0 radical (unpaired) electrons. The molecule has 0 saturated heterocycles. The van der Waals surface area contributed by atoms with Gasteiger partial charge in [0.05, 0.1) is 14.2 Å². The molecule has 2 fully saturated rings. The van der Waals surface area contributed by atoms with Crippen molar-refractivity contribution in [1.29, 1.82) is 0 Å². The van der Waals surface area contributed by atoms with E-state index < -0.39 is 0 Å². The zero-order chi connectivity index (χ0) is 15.5. The highest BCUT2D eigenvalue weighted by Crippen LogP contribution is 2.44. The van der Waals surface area contributed by atoms with E-state index in [4.69, 9.17) is 9.47 Å². The Morgan fingerprint density at radius 2 is 2.00 bits per heavy atom. The van der Waals surface area contributed by atoms with Gasteiger partial charge >= 0.3 is 0 Å². The third-order valence-electron chi connectivity index (χ3n) is 5.17. The van der Waals surface area contributed by atoms with Gasteiger partial charge in [-0.05, 0) is 55.2 Å². The number of fused-ring (bicyclic) bond motifs is 2. The number of aryl methyl sites for hydroxylation is 1. The van der Waals surface area contributed by atoms with Gasteiger partial charge in [0.1, 0.15) is 0 Å². The number of amides is 1. The largest absolute Gasteiger partial charge is 0.493 e. The summed E-state index contributed by atoms with van der Waals surface area (Å²) in [4.78, 5) is 12.2. The number of carbonyl (C=O) groups excluding carboxylic acids is 1. The molecule has 1 amide bonds. The van der Waals surface area contributed by atoms with Gasteiger partial charge in [0.15, 0.2) is 11.5 Å². The Kier molecular flexibility index (Phi) is 4.55. The minimum absolute atomic E-state index is 0.173. The number of hydrogen-bond donors (Lipinski definition) is 1. The summed E-state index contributed by atoms with van der Waals surface area (Å²) in [6.45, 7) is 0. The molecule has 2 aliphatic rings. The highest BCUT2D eigenvalue weighted by Gasteiger charge is 2.39. The number of carbonyl (C=O) groups is 1. The summed E-state index contributed by atoms with van der Waals surface area (Å²) in [5.41, 5.74) is 1.10. The lowest BCUT2D eigenvalue weighted by atomic mass is 9.95. The lowest BCUT2D eigenvalue weighted by Crippen LogP contribution is -2.38. The van der Waals surface area contributed by atoms with Gasteiger partial charge in [-0.3, -0.25) is 4.79 Å². The molecule has 1 aromatic rings. The Labute approximate surface area is 132 Å². The SMILES string of the molecule is COc1ccc(CCC(=O)NC2CC3CCC2C3)cc1OC. The second-order valence-electron chi connectivity index (χ2n) is 6.54. The quantitative estimate of drug-likeness (QED) is 0.879. The first-order chi connectivity index (χ1) is 10.7. The summed E-state index contributed by atoms with van der Waals surface area (Å²) >= 11 is 0. The molecule has 1 N–H and O–H groups in total. The van der Waals surface area contributed by atoms with Crippen LogP contribution in [0.5, 0.6) is 11.5 Å². The maximum atomic E-state index is 12.2. The smallest absolute Gasteiger partial charge is 0.220 e. The van der Waals surface area contributed by atoms with Crippen LogP contribution < -0.4 is 14.8 Å². The molecule has 0 heterocycles. The van der Waals surface area contributed by atoms with E-state index in [0.29, 0.717) is 18.2 Å². The number of nitrogens with one attached hydrogen (secondary N) is 1. The molecule has 3 atom stereocenters. The summed E-state index contributed by atoms with van der Waals surface area (Å²) in [7, 11) is 3.25. The standard InChI is InChI=1S/C18H25NO3/c1-21-16-7-4-12(11-17(16)22-2)5-8-18(20)19-15-10-13-3-6-14(15)9-13/h4,7,11,13-15H,3,5-6,8-10H2,1-2H3,(H,19,20). The van der Waals surface area contributed by atoms with Crippen molar-refractivity contribution < 1.29 is 14.3 Å². The van der Waals surface area contributed by atoms with Crippen molar-refractivity contribution in [3.05, 3.63) is 23.8 Å². The molecular weight excluding hydrogens is 278 g/mol. The number of benzene rings is 1. The first-order valence-corrected chi connectivity index (χ1v) is 8.20. The number of ether oxygens (including phenoxy) is 2. The summed E-state index contributed by atoms with van der Waals surface area (Å²) < 4.78 is 10.5. The van der Waals surface area contributed by atoms with Gasteiger partial charge in [0, 0.05) is 12.5 Å². The second kappa shape index (κ2) is 6.59. The van der Waals surface area contributed by atoms with Crippen molar-refractivity contribution in [3.63, 3.8) is 0 Å². The molecule has 1 aromatic carbocycles. The van der Waals surface area contributed by atoms with Crippen molar-refractivity contribution in [1.82, 2.24) is 5.32 Å². The zero-order valence-electron chi connectivity index (χ0n) is 13.4. The Bertz CT molecular complexity index is 543. The number of methoxy groups -OCH3 is 2. The van der Waals surface area contributed by atoms with E-state index in [9.17, 15) is 4.79 Å². The van der Waals surface area contributed by atoms with E-state index in [2.05, 4.69) is 5.32 Å². The van der Waals surface area contributed by atoms with Gasteiger partial charge < -0.3 is 14.8 Å². The van der Waals surface area contributed by atoms with Crippen LogP contribution in [0.15, 0.2) is 18.2 Å². The molecule has 2 saturated carbocycles. The van der Waals surface area contributed by atoms with Crippen LogP contribution in [0.4, 0.5) is 0 Å². The average Bonchev–Trinajstić information content (AvgIpc) is 3.15. The summed E-state index contributed by atoms with van der Waals surface area (Å²) in [6, 6.07) is 6.26. The van der Waals surface area contributed by atoms with Gasteiger partial charge in [-0.1, -0.05) is 12.5 Å². The molecule has 120 valence electrons. The molecule has 0 aliphatic heterocycles. The minimum atomic E-state index is 0.173. The van der Waals surface area contributed by atoms with Crippen LogP contribution in [-0.4, -0.2) is 26.2 Å². The maximum Gasteiger partial charge on any atom is 0.220 e. The Morgan fingerprint density at radius 1 is 1.18 bits per heavy atom. The topological polar surface area (TPSA) is 47.6 Å². The fourth-order valence-corrected chi connectivity index (χ4v) is 3.99. The first-order valence-electron chi connectivity index (χ1n) is 8.20. The van der Waals surface area contributed by atoms with Crippen LogP contribution in [0.1, 0.15) is 37.7 Å². The predicted molar refractivity (Wildman–Crippen MR) is 85.2 cm³/mol. The lowest BCUT2D eigenvalue weighted by Gasteiger charge is -2.22. The van der Waals surface area contributed by atoms with Crippen LogP contribution in [0.3, 0.4) is 0 Å². The summed E-state index contributed by atoms with van der Waals surface area (Å²) in [5, 5.41) is 3.24. The lowest BCUT2D eigenvalue weighted by molar-refractivity contribution is -0.122. The van der Waals surface area contributed by atoms with Gasteiger partial charge in [-0.15, -0.1) is 0 Å². The minimum Gasteiger partial charge on any atom is -0.493 e. The van der Waals surface area contributed by atoms with Gasteiger partial charge in [-0.2, -0.15) is 0 Å². The van der Waals surface area contributed by atoms with Crippen LogP contribution in [0.2, 0.25) is 0 Å². The highest BCUT2D eigenvalue weighted by atomic mass is 16.5. The molecule has 22 heavy (non-hydrogen) atoms. The van der Waals surface area contributed by atoms with Crippen LogP contribution in [-0.2, 0) is 11.2 Å². The van der Waals surface area contributed by atoms with Gasteiger partial charge in [-0.25, -0.2) is 0 Å². The molecule has 4 heteroatoms. The monoisotopic (exact) mass is 303 g/mol. The van der Waals surface area contributed by atoms with E-state index >= 15 is 0 Å². The normalized spacial score (nSPS) is 26.0. The molecule has 3 rings (SSSR count). The number of hydrogen-bond acceptors (Lipinski definition) is 3. The summed E-state index contributed by atoms with van der Waals surface area (Å²) in [6.07, 6.45) is 6.43.